The molecule has 1 aromatic heterocycles. The molecule has 0 aliphatic carbocycles. The highest BCUT2D eigenvalue weighted by atomic mass is 16.5. The lowest BCUT2D eigenvalue weighted by atomic mass is 10.0. The average molecular weight is 554 g/mol. The summed E-state index contributed by atoms with van der Waals surface area (Å²) in [5, 5.41) is 11.8. The lowest BCUT2D eigenvalue weighted by molar-refractivity contribution is -0.128. The minimum absolute atomic E-state index is 0.141. The topological polar surface area (TPSA) is 88.8 Å². The van der Waals surface area contributed by atoms with Crippen molar-refractivity contribution in [3.63, 3.8) is 0 Å². The summed E-state index contributed by atoms with van der Waals surface area (Å²) in [5.41, 5.74) is 3.26. The van der Waals surface area contributed by atoms with Crippen molar-refractivity contribution in [1.82, 2.24) is 19.8 Å². The van der Waals surface area contributed by atoms with Crippen LogP contribution < -0.4 is 14.5 Å². The fourth-order valence-corrected chi connectivity index (χ4v) is 6.04. The molecule has 2 aromatic carbocycles. The Bertz CT molecular complexity index is 1420. The number of nitrogens with zero attached hydrogens (tertiary/aromatic N) is 7. The maximum atomic E-state index is 12.3. The van der Waals surface area contributed by atoms with E-state index < -0.39 is 0 Å². The van der Waals surface area contributed by atoms with Crippen LogP contribution in [0.25, 0.3) is 10.8 Å². The van der Waals surface area contributed by atoms with Crippen molar-refractivity contribution in [3.8, 4) is 12.1 Å². The van der Waals surface area contributed by atoms with Crippen LogP contribution in [0.15, 0.2) is 55.1 Å². The number of rotatable bonds is 5. The Morgan fingerprint density at radius 3 is 2.56 bits per heavy atom. The van der Waals surface area contributed by atoms with E-state index in [1.807, 2.05) is 0 Å². The van der Waals surface area contributed by atoms with E-state index in [0.29, 0.717) is 32.2 Å². The van der Waals surface area contributed by atoms with E-state index in [2.05, 4.69) is 76.9 Å². The van der Waals surface area contributed by atoms with Gasteiger partial charge >= 0.3 is 6.01 Å². The molecule has 0 spiro atoms. The first-order valence-electron chi connectivity index (χ1n) is 14.4. The molecule has 2 fully saturated rings. The van der Waals surface area contributed by atoms with Gasteiger partial charge in [0.1, 0.15) is 5.82 Å². The Hall–Kier alpha value is -4.16. The number of carbonyl (C=O) groups excluding carboxylic acids is 1. The predicted molar refractivity (Wildman–Crippen MR) is 162 cm³/mol. The van der Waals surface area contributed by atoms with Crippen molar-refractivity contribution in [3.05, 3.63) is 66.4 Å². The molecule has 0 radical (unpaired) electrons. The van der Waals surface area contributed by atoms with Gasteiger partial charge in [0, 0.05) is 42.8 Å². The number of amides is 1. The third kappa shape index (κ3) is 6.28. The normalized spacial score (nSPS) is 18.8. The van der Waals surface area contributed by atoms with Gasteiger partial charge in [0.25, 0.3) is 0 Å². The Labute approximate surface area is 242 Å². The molecule has 41 heavy (non-hydrogen) atoms. The summed E-state index contributed by atoms with van der Waals surface area (Å²) >= 11 is 0. The fraction of sp³-hybridized carbons (Fsp3) is 0.438. The molecule has 9 heteroatoms. The molecule has 1 amide bonds. The Kier molecular flexibility index (Phi) is 9.00. The first-order valence-corrected chi connectivity index (χ1v) is 14.4. The van der Waals surface area contributed by atoms with Gasteiger partial charge in [0.05, 0.1) is 37.9 Å². The maximum Gasteiger partial charge on any atom is 0.318 e. The maximum absolute atomic E-state index is 12.3. The molecule has 3 aromatic rings. The van der Waals surface area contributed by atoms with E-state index in [1.165, 1.54) is 48.5 Å². The van der Waals surface area contributed by atoms with Gasteiger partial charge in [0.15, 0.2) is 0 Å². The molecular weight excluding hydrogens is 514 g/mol. The van der Waals surface area contributed by atoms with Crippen molar-refractivity contribution < 1.29 is 9.53 Å². The lowest BCUT2D eigenvalue weighted by Crippen LogP contribution is -2.55. The summed E-state index contributed by atoms with van der Waals surface area (Å²) in [6.45, 7) is 9.43. The molecule has 0 unspecified atom stereocenters. The van der Waals surface area contributed by atoms with Crippen molar-refractivity contribution in [1.29, 1.82) is 5.26 Å². The van der Waals surface area contributed by atoms with Crippen LogP contribution in [-0.4, -0.2) is 85.1 Å². The van der Waals surface area contributed by atoms with Gasteiger partial charge in [0.2, 0.25) is 5.91 Å². The van der Waals surface area contributed by atoms with Crippen LogP contribution in [0, 0.1) is 11.3 Å². The molecule has 0 N–H and O–H groups in total. The SMILES string of the molecule is C=CC(=O)N1CCN(c2nc(OC)nc3c2CCN(c2cccc4ccccc24)C3)C[C@@H]1CC#N.CN1CCCC1. The molecule has 4 heterocycles. The highest BCUT2D eigenvalue weighted by Gasteiger charge is 2.33. The summed E-state index contributed by atoms with van der Waals surface area (Å²) in [6.07, 6.45) is 5.20. The van der Waals surface area contributed by atoms with E-state index in [4.69, 9.17) is 14.7 Å². The molecular formula is C32H39N7O2. The molecule has 1 atom stereocenters. The Balaban J connectivity index is 0.000000500. The van der Waals surface area contributed by atoms with Gasteiger partial charge in [-0.15, -0.1) is 0 Å². The van der Waals surface area contributed by atoms with Crippen LogP contribution in [0.5, 0.6) is 6.01 Å². The van der Waals surface area contributed by atoms with Crippen molar-refractivity contribution in [2.45, 2.75) is 38.3 Å². The smallest absolute Gasteiger partial charge is 0.318 e. The molecule has 0 bridgehead atoms. The average Bonchev–Trinajstić information content (AvgIpc) is 3.50. The molecule has 3 aliphatic heterocycles. The van der Waals surface area contributed by atoms with Crippen molar-refractivity contribution >= 4 is 28.2 Å². The highest BCUT2D eigenvalue weighted by molar-refractivity contribution is 5.94. The van der Waals surface area contributed by atoms with E-state index in [1.54, 1.807) is 12.0 Å². The molecule has 2 saturated heterocycles. The minimum atomic E-state index is -0.216. The second-order valence-electron chi connectivity index (χ2n) is 10.8. The summed E-state index contributed by atoms with van der Waals surface area (Å²) in [7, 11) is 3.75. The predicted octanol–water partition coefficient (Wildman–Crippen LogP) is 4.03. The van der Waals surface area contributed by atoms with E-state index in [-0.39, 0.29) is 18.4 Å². The van der Waals surface area contributed by atoms with Crippen LogP contribution in [0.2, 0.25) is 0 Å². The number of piperazine rings is 1. The second-order valence-corrected chi connectivity index (χ2v) is 10.8. The van der Waals surface area contributed by atoms with Gasteiger partial charge in [-0.1, -0.05) is 43.0 Å². The van der Waals surface area contributed by atoms with Gasteiger partial charge in [-0.25, -0.2) is 0 Å². The number of aromatic nitrogens is 2. The largest absolute Gasteiger partial charge is 0.467 e. The first kappa shape index (κ1) is 28.4. The number of hydrogen-bond acceptors (Lipinski definition) is 8. The van der Waals surface area contributed by atoms with Gasteiger partial charge in [-0.05, 0) is 56.9 Å². The number of nitriles is 1. The van der Waals surface area contributed by atoms with Gasteiger partial charge in [-0.3, -0.25) is 4.79 Å². The summed E-state index contributed by atoms with van der Waals surface area (Å²) < 4.78 is 5.48. The minimum Gasteiger partial charge on any atom is -0.467 e. The zero-order valence-corrected chi connectivity index (χ0v) is 24.1. The zero-order chi connectivity index (χ0) is 28.8. The number of carbonyl (C=O) groups is 1. The Morgan fingerprint density at radius 2 is 1.85 bits per heavy atom. The van der Waals surface area contributed by atoms with Crippen LogP contribution in [-0.2, 0) is 17.8 Å². The summed E-state index contributed by atoms with van der Waals surface area (Å²) in [5.74, 6) is 0.705. The molecule has 214 valence electrons. The molecule has 0 saturated carbocycles. The number of benzene rings is 2. The Morgan fingerprint density at radius 1 is 1.07 bits per heavy atom. The van der Waals surface area contributed by atoms with Crippen LogP contribution >= 0.6 is 0 Å². The number of hydrogen-bond donors (Lipinski definition) is 0. The summed E-state index contributed by atoms with van der Waals surface area (Å²) in [4.78, 5) is 30.4. The fourth-order valence-electron chi connectivity index (χ4n) is 6.04. The first-order chi connectivity index (χ1) is 20.0. The van der Waals surface area contributed by atoms with Crippen LogP contribution in [0.3, 0.4) is 0 Å². The van der Waals surface area contributed by atoms with Crippen molar-refractivity contribution in [2.24, 2.45) is 0 Å². The van der Waals surface area contributed by atoms with E-state index >= 15 is 0 Å². The van der Waals surface area contributed by atoms with Gasteiger partial charge < -0.3 is 24.3 Å². The number of ether oxygens (including phenoxy) is 1. The van der Waals surface area contributed by atoms with Crippen LogP contribution in [0.1, 0.15) is 30.5 Å². The number of anilines is 2. The quantitative estimate of drug-likeness (QED) is 0.438. The zero-order valence-electron chi connectivity index (χ0n) is 24.1. The lowest BCUT2D eigenvalue weighted by Gasteiger charge is -2.42. The summed E-state index contributed by atoms with van der Waals surface area (Å²) in [6, 6.07) is 17.2. The number of methoxy groups -OCH3 is 1. The molecule has 6 rings (SSSR count). The third-order valence-corrected chi connectivity index (χ3v) is 8.21. The number of fused-ring (bicyclic) bond motifs is 2. The number of likely N-dealkylation sites (tertiary alicyclic amines) is 1. The van der Waals surface area contributed by atoms with Gasteiger partial charge in [-0.2, -0.15) is 15.2 Å². The van der Waals surface area contributed by atoms with E-state index in [0.717, 1.165) is 30.0 Å². The standard InChI is InChI=1S/C27H28N6O2.C5H11N/c1-3-25(34)33-16-15-32(17-20(33)11-13-28)26-22-12-14-31(18-23(22)29-27(30-26)35-2)24-10-6-8-19-7-4-5-9-21(19)24;1-6-4-2-3-5-6/h3-10,20H,1,11-12,14-18H2,2H3;2-5H2,1H3/t20-;/m0./s1. The highest BCUT2D eigenvalue weighted by Crippen LogP contribution is 2.34. The molecule has 3 aliphatic rings. The van der Waals surface area contributed by atoms with Crippen LogP contribution in [0.4, 0.5) is 11.5 Å². The monoisotopic (exact) mass is 553 g/mol. The third-order valence-electron chi connectivity index (χ3n) is 8.21. The van der Waals surface area contributed by atoms with E-state index in [9.17, 15) is 10.1 Å². The van der Waals surface area contributed by atoms with Crippen molar-refractivity contribution in [2.75, 3.05) is 63.2 Å². The second kappa shape index (κ2) is 13.0. The molecule has 9 nitrogen and oxygen atoms in total.